The number of hydrogen-bond acceptors (Lipinski definition) is 2. The molecule has 0 atom stereocenters. The number of benzene rings is 2. The Morgan fingerprint density at radius 3 is 2.48 bits per heavy atom. The third-order valence-corrected chi connectivity index (χ3v) is 3.08. The van der Waals surface area contributed by atoms with Crippen molar-refractivity contribution in [3.63, 3.8) is 0 Å². The van der Waals surface area contributed by atoms with E-state index in [1.165, 1.54) is 18.2 Å². The molecule has 0 radical (unpaired) electrons. The predicted octanol–water partition coefficient (Wildman–Crippen LogP) is 4.32. The smallest absolute Gasteiger partial charge is 0.406 e. The zero-order chi connectivity index (χ0) is 15.0. The molecule has 3 rings (SSSR count). The van der Waals surface area contributed by atoms with Gasteiger partial charge in [-0.1, -0.05) is 18.2 Å². The van der Waals surface area contributed by atoms with E-state index in [0.29, 0.717) is 16.9 Å². The molecule has 0 saturated carbocycles. The number of halogens is 3. The van der Waals surface area contributed by atoms with Crippen LogP contribution in [0.15, 0.2) is 48.5 Å². The van der Waals surface area contributed by atoms with Crippen molar-refractivity contribution < 1.29 is 17.9 Å². The number of ether oxygens (including phenoxy) is 1. The molecule has 21 heavy (non-hydrogen) atoms. The number of nitrogen functional groups attached to an aromatic ring is 1. The second-order valence-electron chi connectivity index (χ2n) is 4.57. The lowest BCUT2D eigenvalue weighted by molar-refractivity contribution is -0.274. The van der Waals surface area contributed by atoms with Crippen molar-refractivity contribution in [1.29, 1.82) is 0 Å². The van der Waals surface area contributed by atoms with Crippen LogP contribution in [0.1, 0.15) is 0 Å². The molecule has 108 valence electrons. The van der Waals surface area contributed by atoms with E-state index in [2.05, 4.69) is 9.72 Å². The fraction of sp³-hybridized carbons (Fsp3) is 0.0667. The number of H-pyrrole nitrogens is 1. The van der Waals surface area contributed by atoms with E-state index in [9.17, 15) is 13.2 Å². The van der Waals surface area contributed by atoms with Gasteiger partial charge in [-0.3, -0.25) is 0 Å². The lowest BCUT2D eigenvalue weighted by Crippen LogP contribution is -2.17. The number of nitrogens with two attached hydrogens (primary N) is 1. The molecule has 0 aliphatic rings. The minimum absolute atomic E-state index is 0.258. The van der Waals surface area contributed by atoms with Gasteiger partial charge in [-0.05, 0) is 30.3 Å². The number of rotatable bonds is 2. The van der Waals surface area contributed by atoms with Crippen LogP contribution in [-0.4, -0.2) is 11.3 Å². The van der Waals surface area contributed by atoms with Gasteiger partial charge in [0.1, 0.15) is 5.75 Å². The van der Waals surface area contributed by atoms with Crippen molar-refractivity contribution in [2.45, 2.75) is 6.36 Å². The largest absolute Gasteiger partial charge is 0.573 e. The molecule has 3 aromatic rings. The molecule has 3 nitrogen and oxygen atoms in total. The molecule has 0 saturated heterocycles. The third kappa shape index (κ3) is 2.79. The molecule has 0 aliphatic heterocycles. The molecule has 0 aliphatic carbocycles. The summed E-state index contributed by atoms with van der Waals surface area (Å²) in [6.07, 6.45) is -4.70. The van der Waals surface area contributed by atoms with Gasteiger partial charge in [0.15, 0.2) is 0 Å². The van der Waals surface area contributed by atoms with Crippen LogP contribution >= 0.6 is 0 Å². The lowest BCUT2D eigenvalue weighted by Gasteiger charge is -2.09. The summed E-state index contributed by atoms with van der Waals surface area (Å²) in [6, 6.07) is 13.0. The van der Waals surface area contributed by atoms with Gasteiger partial charge in [-0.25, -0.2) is 0 Å². The van der Waals surface area contributed by atoms with Crippen molar-refractivity contribution >= 4 is 16.6 Å². The first kappa shape index (κ1) is 13.4. The first-order valence-corrected chi connectivity index (χ1v) is 6.16. The van der Waals surface area contributed by atoms with Crippen molar-refractivity contribution in [2.75, 3.05) is 5.73 Å². The average Bonchev–Trinajstić information content (AvgIpc) is 2.82. The van der Waals surface area contributed by atoms with Crippen LogP contribution in [0.4, 0.5) is 18.9 Å². The maximum absolute atomic E-state index is 12.2. The highest BCUT2D eigenvalue weighted by atomic mass is 19.4. The summed E-state index contributed by atoms with van der Waals surface area (Å²) in [5, 5.41) is 0.828. The lowest BCUT2D eigenvalue weighted by atomic mass is 10.1. The number of hydrogen-bond donors (Lipinski definition) is 2. The second-order valence-corrected chi connectivity index (χ2v) is 4.57. The Morgan fingerprint density at radius 1 is 1.00 bits per heavy atom. The van der Waals surface area contributed by atoms with Crippen molar-refractivity contribution in [2.24, 2.45) is 0 Å². The quantitative estimate of drug-likeness (QED) is 0.691. The first-order valence-electron chi connectivity index (χ1n) is 6.16. The van der Waals surface area contributed by atoms with Gasteiger partial charge >= 0.3 is 6.36 Å². The number of aromatic nitrogens is 1. The van der Waals surface area contributed by atoms with Crippen LogP contribution < -0.4 is 10.5 Å². The van der Waals surface area contributed by atoms with E-state index in [1.54, 1.807) is 24.3 Å². The fourth-order valence-electron chi connectivity index (χ4n) is 2.19. The highest BCUT2D eigenvalue weighted by Gasteiger charge is 2.31. The van der Waals surface area contributed by atoms with Crippen LogP contribution in [0.3, 0.4) is 0 Å². The van der Waals surface area contributed by atoms with Crippen LogP contribution in [0, 0.1) is 0 Å². The molecule has 1 aromatic heterocycles. The van der Waals surface area contributed by atoms with E-state index in [-0.39, 0.29) is 5.75 Å². The molecule has 6 heteroatoms. The van der Waals surface area contributed by atoms with Crippen molar-refractivity contribution in [3.05, 3.63) is 48.5 Å². The zero-order valence-electron chi connectivity index (χ0n) is 10.7. The normalized spacial score (nSPS) is 11.8. The van der Waals surface area contributed by atoms with Crippen molar-refractivity contribution in [1.82, 2.24) is 4.98 Å². The summed E-state index contributed by atoms with van der Waals surface area (Å²) in [5.41, 5.74) is 8.57. The molecule has 0 fully saturated rings. The third-order valence-electron chi connectivity index (χ3n) is 3.08. The topological polar surface area (TPSA) is 51.0 Å². The van der Waals surface area contributed by atoms with Gasteiger partial charge in [0, 0.05) is 27.8 Å². The van der Waals surface area contributed by atoms with E-state index in [4.69, 9.17) is 5.73 Å². The predicted molar refractivity (Wildman–Crippen MR) is 74.8 cm³/mol. The van der Waals surface area contributed by atoms with Crippen LogP contribution in [0.5, 0.6) is 5.75 Å². The van der Waals surface area contributed by atoms with Gasteiger partial charge in [0.2, 0.25) is 0 Å². The molecule has 2 aromatic carbocycles. The summed E-state index contributed by atoms with van der Waals surface area (Å²) in [6.45, 7) is 0. The summed E-state index contributed by atoms with van der Waals surface area (Å²) in [7, 11) is 0. The standard InChI is InChI=1S/C15H11F3N2O/c16-15(17,18)21-10-4-1-3-9(7-10)14-8-11-12(19)5-2-6-13(11)20-14/h1-8,20H,19H2. The summed E-state index contributed by atoms with van der Waals surface area (Å²) < 4.78 is 40.7. The average molecular weight is 292 g/mol. The van der Waals surface area contributed by atoms with Crippen molar-refractivity contribution in [3.8, 4) is 17.0 Å². The number of anilines is 1. The van der Waals surface area contributed by atoms with Gasteiger partial charge in [0.25, 0.3) is 0 Å². The van der Waals surface area contributed by atoms with Gasteiger partial charge < -0.3 is 15.5 Å². The van der Waals surface area contributed by atoms with E-state index >= 15 is 0 Å². The summed E-state index contributed by atoms with van der Waals surface area (Å²) in [5.74, 6) is -0.258. The summed E-state index contributed by atoms with van der Waals surface area (Å²) in [4.78, 5) is 3.13. The number of aromatic amines is 1. The molecule has 1 heterocycles. The number of nitrogens with one attached hydrogen (secondary N) is 1. The SMILES string of the molecule is Nc1cccc2[nH]c(-c3cccc(OC(F)(F)F)c3)cc12. The van der Waals surface area contributed by atoms with Crippen LogP contribution in [0.2, 0.25) is 0 Å². The van der Waals surface area contributed by atoms with Crippen LogP contribution in [-0.2, 0) is 0 Å². The van der Waals surface area contributed by atoms with Crippen LogP contribution in [0.25, 0.3) is 22.2 Å². The Hall–Kier alpha value is -2.63. The highest BCUT2D eigenvalue weighted by molar-refractivity contribution is 5.94. The monoisotopic (exact) mass is 292 g/mol. The molecule has 0 unspecified atom stereocenters. The Labute approximate surface area is 118 Å². The first-order chi connectivity index (χ1) is 9.92. The van der Waals surface area contributed by atoms with Gasteiger partial charge in [-0.15, -0.1) is 13.2 Å². The molecular formula is C15H11F3N2O. The molecule has 3 N–H and O–H groups in total. The van der Waals surface area contributed by atoms with Gasteiger partial charge in [-0.2, -0.15) is 0 Å². The molecule has 0 amide bonds. The minimum atomic E-state index is -4.70. The van der Waals surface area contributed by atoms with E-state index in [0.717, 1.165) is 10.9 Å². The molecular weight excluding hydrogens is 281 g/mol. The maximum Gasteiger partial charge on any atom is 0.573 e. The van der Waals surface area contributed by atoms with Gasteiger partial charge in [0.05, 0.1) is 0 Å². The number of fused-ring (bicyclic) bond motifs is 1. The Bertz CT molecular complexity index is 793. The maximum atomic E-state index is 12.2. The van der Waals surface area contributed by atoms with E-state index in [1.807, 2.05) is 6.07 Å². The molecule has 0 bridgehead atoms. The second kappa shape index (κ2) is 4.73. The Morgan fingerprint density at radius 2 is 1.76 bits per heavy atom. The fourth-order valence-corrected chi connectivity index (χ4v) is 2.19. The minimum Gasteiger partial charge on any atom is -0.406 e. The summed E-state index contributed by atoms with van der Waals surface area (Å²) >= 11 is 0. The van der Waals surface area contributed by atoms with E-state index < -0.39 is 6.36 Å². The molecule has 0 spiro atoms. The highest BCUT2D eigenvalue weighted by Crippen LogP contribution is 2.31. The Kier molecular flexibility index (Phi) is 3.01. The Balaban J connectivity index is 2.02. The number of alkyl halides is 3. The zero-order valence-corrected chi connectivity index (χ0v) is 10.7.